The van der Waals surface area contributed by atoms with Crippen LogP contribution in [0.25, 0.3) is 0 Å². The minimum atomic E-state index is -4.64. The van der Waals surface area contributed by atoms with Gasteiger partial charge in [0.15, 0.2) is 0 Å². The topological polar surface area (TPSA) is 52.3 Å². The van der Waals surface area contributed by atoms with Gasteiger partial charge < -0.3 is 10.5 Å². The summed E-state index contributed by atoms with van der Waals surface area (Å²) in [6.45, 7) is 0. The smallest absolute Gasteiger partial charge is 0.416 e. The van der Waals surface area contributed by atoms with Gasteiger partial charge in [-0.3, -0.25) is 4.79 Å². The van der Waals surface area contributed by atoms with E-state index in [1.165, 1.54) is 0 Å². The molecule has 8 heteroatoms. The van der Waals surface area contributed by atoms with Crippen molar-refractivity contribution in [3.63, 3.8) is 0 Å². The highest BCUT2D eigenvalue weighted by molar-refractivity contribution is 5.85. The van der Waals surface area contributed by atoms with Crippen LogP contribution >= 0.6 is 12.4 Å². The highest BCUT2D eigenvalue weighted by Gasteiger charge is 2.32. The minimum Gasteiger partial charge on any atom is -0.468 e. The molecule has 0 radical (unpaired) electrons. The molecule has 0 aromatic heterocycles. The fourth-order valence-corrected chi connectivity index (χ4v) is 1.21. The summed E-state index contributed by atoms with van der Waals surface area (Å²) in [5, 5.41) is 0. The summed E-state index contributed by atoms with van der Waals surface area (Å²) in [4.78, 5) is 11.0. The third-order valence-corrected chi connectivity index (χ3v) is 2.12. The Hall–Kier alpha value is -1.34. The van der Waals surface area contributed by atoms with Gasteiger partial charge in [-0.25, -0.2) is 4.39 Å². The standard InChI is InChI=1S/C10H9F4NO2.ClH/c1-17-9(16)8(15)6-3-2-5(4-7(6)11)10(12,13)14;/h2-4,8H,15H2,1H3;1H/t8-;/m0./s1. The molecule has 0 aliphatic carbocycles. The Bertz CT molecular complexity index is 436. The fraction of sp³-hybridized carbons (Fsp3) is 0.300. The highest BCUT2D eigenvalue weighted by Crippen LogP contribution is 2.31. The summed E-state index contributed by atoms with van der Waals surface area (Å²) in [6.07, 6.45) is -4.64. The van der Waals surface area contributed by atoms with Crippen LogP contribution in [-0.4, -0.2) is 13.1 Å². The summed E-state index contributed by atoms with van der Waals surface area (Å²) in [5.74, 6) is -2.12. The van der Waals surface area contributed by atoms with E-state index in [9.17, 15) is 22.4 Å². The lowest BCUT2D eigenvalue weighted by Crippen LogP contribution is -2.24. The SMILES string of the molecule is COC(=O)[C@@H](N)c1ccc(C(F)(F)F)cc1F.Cl. The molecule has 0 aliphatic rings. The lowest BCUT2D eigenvalue weighted by molar-refractivity contribution is -0.142. The zero-order chi connectivity index (χ0) is 13.2. The number of rotatable bonds is 2. The predicted octanol–water partition coefficient (Wildman–Crippen LogP) is 2.44. The molecule has 1 aromatic carbocycles. The molecule has 0 fully saturated rings. The van der Waals surface area contributed by atoms with Crippen LogP contribution < -0.4 is 5.73 Å². The Morgan fingerprint density at radius 1 is 1.39 bits per heavy atom. The predicted molar refractivity (Wildman–Crippen MR) is 57.6 cm³/mol. The molecule has 102 valence electrons. The molecule has 0 heterocycles. The Kier molecular flexibility index (Phi) is 5.56. The second-order valence-electron chi connectivity index (χ2n) is 3.23. The Morgan fingerprint density at radius 2 is 1.94 bits per heavy atom. The molecule has 0 aliphatic heterocycles. The van der Waals surface area contributed by atoms with E-state index in [2.05, 4.69) is 4.74 Å². The van der Waals surface area contributed by atoms with E-state index < -0.39 is 29.6 Å². The van der Waals surface area contributed by atoms with Gasteiger partial charge in [0.1, 0.15) is 11.9 Å². The molecule has 1 rings (SSSR count). The first-order valence-corrected chi connectivity index (χ1v) is 4.47. The van der Waals surface area contributed by atoms with Gasteiger partial charge in [-0.05, 0) is 12.1 Å². The van der Waals surface area contributed by atoms with E-state index in [-0.39, 0.29) is 24.0 Å². The Balaban J connectivity index is 0.00000289. The van der Waals surface area contributed by atoms with Crippen LogP contribution in [0.2, 0.25) is 0 Å². The number of ether oxygens (including phenoxy) is 1. The quantitative estimate of drug-likeness (QED) is 0.671. The Labute approximate surface area is 106 Å². The molecular weight excluding hydrogens is 278 g/mol. The van der Waals surface area contributed by atoms with Gasteiger partial charge in [0, 0.05) is 5.56 Å². The summed E-state index contributed by atoms with van der Waals surface area (Å²) in [6, 6.07) is 0.321. The molecule has 0 bridgehead atoms. The number of benzene rings is 1. The molecule has 0 spiro atoms. The number of halogens is 5. The lowest BCUT2D eigenvalue weighted by atomic mass is 10.0. The first-order valence-electron chi connectivity index (χ1n) is 4.47. The monoisotopic (exact) mass is 287 g/mol. The van der Waals surface area contributed by atoms with Crippen molar-refractivity contribution < 1.29 is 27.1 Å². The summed E-state index contributed by atoms with van der Waals surface area (Å²) in [5.41, 5.74) is 3.83. The number of esters is 1. The number of nitrogens with two attached hydrogens (primary N) is 1. The number of carbonyl (C=O) groups is 1. The van der Waals surface area contributed by atoms with Gasteiger partial charge in [-0.15, -0.1) is 12.4 Å². The molecule has 2 N–H and O–H groups in total. The number of hydrogen-bond acceptors (Lipinski definition) is 3. The molecule has 0 saturated heterocycles. The number of carbonyl (C=O) groups excluding carboxylic acids is 1. The third-order valence-electron chi connectivity index (χ3n) is 2.12. The average molecular weight is 288 g/mol. The van der Waals surface area contributed by atoms with E-state index in [1.54, 1.807) is 0 Å². The van der Waals surface area contributed by atoms with Crippen molar-refractivity contribution in [1.29, 1.82) is 0 Å². The molecule has 0 amide bonds. The van der Waals surface area contributed by atoms with Crippen LogP contribution in [0.3, 0.4) is 0 Å². The molecule has 0 saturated carbocycles. The maximum absolute atomic E-state index is 13.3. The number of methoxy groups -OCH3 is 1. The van der Waals surface area contributed by atoms with Gasteiger partial charge in [0.25, 0.3) is 0 Å². The zero-order valence-corrected chi connectivity index (χ0v) is 9.94. The summed E-state index contributed by atoms with van der Waals surface area (Å²) >= 11 is 0. The van der Waals surface area contributed by atoms with Crippen molar-refractivity contribution in [1.82, 2.24) is 0 Å². The van der Waals surface area contributed by atoms with Crippen LogP contribution in [0.4, 0.5) is 17.6 Å². The van der Waals surface area contributed by atoms with Crippen LogP contribution in [0.15, 0.2) is 18.2 Å². The van der Waals surface area contributed by atoms with Gasteiger partial charge in [0.05, 0.1) is 12.7 Å². The molecular formula is C10H10ClF4NO2. The van der Waals surface area contributed by atoms with Crippen molar-refractivity contribution in [3.8, 4) is 0 Å². The van der Waals surface area contributed by atoms with E-state index in [0.717, 1.165) is 13.2 Å². The van der Waals surface area contributed by atoms with Crippen molar-refractivity contribution in [2.45, 2.75) is 12.2 Å². The lowest BCUT2D eigenvalue weighted by Gasteiger charge is -2.12. The highest BCUT2D eigenvalue weighted by atomic mass is 35.5. The fourth-order valence-electron chi connectivity index (χ4n) is 1.21. The van der Waals surface area contributed by atoms with Crippen molar-refractivity contribution in [2.75, 3.05) is 7.11 Å². The van der Waals surface area contributed by atoms with E-state index >= 15 is 0 Å². The first-order chi connectivity index (χ1) is 7.77. The number of hydrogen-bond donors (Lipinski definition) is 1. The summed E-state index contributed by atoms with van der Waals surface area (Å²) in [7, 11) is 1.05. The second-order valence-corrected chi connectivity index (χ2v) is 3.23. The first kappa shape index (κ1) is 16.7. The average Bonchev–Trinajstić information content (AvgIpc) is 2.25. The third kappa shape index (κ3) is 3.58. The van der Waals surface area contributed by atoms with Gasteiger partial charge in [-0.2, -0.15) is 13.2 Å². The van der Waals surface area contributed by atoms with Crippen LogP contribution in [0.5, 0.6) is 0 Å². The second kappa shape index (κ2) is 6.01. The van der Waals surface area contributed by atoms with E-state index in [4.69, 9.17) is 5.73 Å². The summed E-state index contributed by atoms with van der Waals surface area (Å²) < 4.78 is 54.3. The maximum atomic E-state index is 13.3. The molecule has 18 heavy (non-hydrogen) atoms. The molecule has 1 atom stereocenters. The van der Waals surface area contributed by atoms with E-state index in [0.29, 0.717) is 6.07 Å². The van der Waals surface area contributed by atoms with Crippen molar-refractivity contribution in [3.05, 3.63) is 35.1 Å². The van der Waals surface area contributed by atoms with E-state index in [1.807, 2.05) is 0 Å². The van der Waals surface area contributed by atoms with Gasteiger partial charge in [0.2, 0.25) is 0 Å². The van der Waals surface area contributed by atoms with Gasteiger partial charge >= 0.3 is 12.1 Å². The maximum Gasteiger partial charge on any atom is 0.416 e. The minimum absolute atomic E-state index is 0. The Morgan fingerprint density at radius 3 is 2.33 bits per heavy atom. The van der Waals surface area contributed by atoms with Crippen LogP contribution in [0.1, 0.15) is 17.2 Å². The van der Waals surface area contributed by atoms with Crippen LogP contribution in [-0.2, 0) is 15.7 Å². The van der Waals surface area contributed by atoms with Gasteiger partial charge in [-0.1, -0.05) is 6.07 Å². The number of alkyl halides is 3. The van der Waals surface area contributed by atoms with Crippen molar-refractivity contribution in [2.24, 2.45) is 5.73 Å². The molecule has 1 aromatic rings. The van der Waals surface area contributed by atoms with Crippen molar-refractivity contribution >= 4 is 18.4 Å². The normalized spacial score (nSPS) is 12.6. The largest absolute Gasteiger partial charge is 0.468 e. The zero-order valence-electron chi connectivity index (χ0n) is 9.12. The molecule has 3 nitrogen and oxygen atoms in total. The molecule has 0 unspecified atom stereocenters. The van der Waals surface area contributed by atoms with Crippen LogP contribution in [0, 0.1) is 5.82 Å².